The molecule has 1 fully saturated rings. The van der Waals surface area contributed by atoms with Crippen molar-refractivity contribution in [2.24, 2.45) is 0 Å². The zero-order chi connectivity index (χ0) is 17.0. The summed E-state index contributed by atoms with van der Waals surface area (Å²) in [7, 11) is 1.59. The van der Waals surface area contributed by atoms with Crippen LogP contribution in [0.3, 0.4) is 0 Å². The Morgan fingerprint density at radius 2 is 2.13 bits per heavy atom. The monoisotopic (exact) mass is 349 g/mol. The van der Waals surface area contributed by atoms with E-state index in [2.05, 4.69) is 6.58 Å². The molecule has 1 aliphatic heterocycles. The molecule has 6 heteroatoms. The summed E-state index contributed by atoms with van der Waals surface area (Å²) in [6.07, 6.45) is 3.53. The van der Waals surface area contributed by atoms with Crippen molar-refractivity contribution in [3.63, 3.8) is 0 Å². The van der Waals surface area contributed by atoms with Crippen LogP contribution in [-0.4, -0.2) is 34.9 Å². The number of thiocarbonyl (C=S) groups is 1. The molecule has 0 saturated carbocycles. The fourth-order valence-corrected chi connectivity index (χ4v) is 3.34. The first-order valence-electron chi connectivity index (χ1n) is 7.17. The first-order valence-corrected chi connectivity index (χ1v) is 8.39. The van der Waals surface area contributed by atoms with Gasteiger partial charge >= 0.3 is 0 Å². The van der Waals surface area contributed by atoms with Crippen LogP contribution < -0.4 is 9.47 Å². The van der Waals surface area contributed by atoms with Crippen molar-refractivity contribution in [2.45, 2.75) is 20.0 Å². The summed E-state index contributed by atoms with van der Waals surface area (Å²) in [6.45, 7) is 7.98. The lowest BCUT2D eigenvalue weighted by atomic mass is 10.2. The van der Waals surface area contributed by atoms with Crippen molar-refractivity contribution in [1.82, 2.24) is 4.90 Å². The highest BCUT2D eigenvalue weighted by Crippen LogP contribution is 2.34. The largest absolute Gasteiger partial charge is 0.493 e. The number of amides is 1. The highest BCUT2D eigenvalue weighted by Gasteiger charge is 2.30. The standard InChI is InChI=1S/C17H19NO3S2/c1-5-8-18-16(19)15(23-17(18)22)10-12-6-7-13(21-11(2)3)14(9-12)20-4/h5-7,9-11H,1,8H2,2-4H3. The van der Waals surface area contributed by atoms with Gasteiger partial charge in [0.25, 0.3) is 5.91 Å². The number of benzene rings is 1. The number of ether oxygens (including phenoxy) is 2. The summed E-state index contributed by atoms with van der Waals surface area (Å²) in [4.78, 5) is 14.5. The van der Waals surface area contributed by atoms with Gasteiger partial charge in [-0.05, 0) is 37.6 Å². The predicted molar refractivity (Wildman–Crippen MR) is 98.8 cm³/mol. The van der Waals surface area contributed by atoms with E-state index in [-0.39, 0.29) is 12.0 Å². The van der Waals surface area contributed by atoms with Crippen molar-refractivity contribution in [3.05, 3.63) is 41.3 Å². The van der Waals surface area contributed by atoms with Gasteiger partial charge in [-0.3, -0.25) is 9.69 Å². The van der Waals surface area contributed by atoms with Gasteiger partial charge in [0.1, 0.15) is 4.32 Å². The molecule has 2 rings (SSSR count). The van der Waals surface area contributed by atoms with Gasteiger partial charge in [-0.2, -0.15) is 0 Å². The lowest BCUT2D eigenvalue weighted by Crippen LogP contribution is -2.27. The van der Waals surface area contributed by atoms with E-state index in [1.807, 2.05) is 38.1 Å². The predicted octanol–water partition coefficient (Wildman–Crippen LogP) is 3.87. The number of carbonyl (C=O) groups excluding carboxylic acids is 1. The first-order chi connectivity index (χ1) is 11.0. The Balaban J connectivity index is 2.27. The number of hydrogen-bond acceptors (Lipinski definition) is 5. The highest BCUT2D eigenvalue weighted by atomic mass is 32.2. The molecule has 4 nitrogen and oxygen atoms in total. The molecule has 0 aliphatic carbocycles. The van der Waals surface area contributed by atoms with E-state index >= 15 is 0 Å². The Hall–Kier alpha value is -1.79. The molecule has 1 aromatic rings. The second-order valence-electron chi connectivity index (χ2n) is 5.16. The minimum Gasteiger partial charge on any atom is -0.493 e. The maximum atomic E-state index is 12.3. The number of carbonyl (C=O) groups is 1. The fraction of sp³-hybridized carbons (Fsp3) is 0.294. The summed E-state index contributed by atoms with van der Waals surface area (Å²) in [5.74, 6) is 1.22. The van der Waals surface area contributed by atoms with Crippen molar-refractivity contribution in [3.8, 4) is 11.5 Å². The maximum Gasteiger partial charge on any atom is 0.266 e. The van der Waals surface area contributed by atoms with E-state index in [4.69, 9.17) is 21.7 Å². The molecule has 0 bridgehead atoms. The van der Waals surface area contributed by atoms with Crippen molar-refractivity contribution in [1.29, 1.82) is 0 Å². The Morgan fingerprint density at radius 3 is 2.74 bits per heavy atom. The molecule has 1 saturated heterocycles. The van der Waals surface area contributed by atoms with E-state index in [0.29, 0.717) is 27.3 Å². The van der Waals surface area contributed by atoms with Gasteiger partial charge in [-0.15, -0.1) is 6.58 Å². The van der Waals surface area contributed by atoms with Crippen LogP contribution in [-0.2, 0) is 4.79 Å². The number of rotatable bonds is 6. The van der Waals surface area contributed by atoms with Crippen LogP contribution in [0.2, 0.25) is 0 Å². The first kappa shape index (κ1) is 17.6. The summed E-state index contributed by atoms with van der Waals surface area (Å²) in [5, 5.41) is 0. The van der Waals surface area contributed by atoms with E-state index < -0.39 is 0 Å². The Labute approximate surface area is 146 Å². The summed E-state index contributed by atoms with van der Waals surface area (Å²) >= 11 is 6.52. The molecule has 0 unspecified atom stereocenters. The van der Waals surface area contributed by atoms with E-state index in [1.54, 1.807) is 13.2 Å². The molecule has 1 heterocycles. The molecule has 0 spiro atoms. The number of nitrogens with zero attached hydrogens (tertiary/aromatic N) is 1. The Bertz CT molecular complexity index is 668. The second-order valence-corrected chi connectivity index (χ2v) is 6.83. The van der Waals surface area contributed by atoms with Gasteiger partial charge < -0.3 is 9.47 Å². The normalized spacial score (nSPS) is 16.3. The lowest BCUT2D eigenvalue weighted by molar-refractivity contribution is -0.121. The third kappa shape index (κ3) is 4.14. The van der Waals surface area contributed by atoms with Gasteiger partial charge in [0.05, 0.1) is 18.1 Å². The van der Waals surface area contributed by atoms with Crippen LogP contribution in [0.15, 0.2) is 35.8 Å². The molecule has 1 amide bonds. The third-order valence-corrected chi connectivity index (χ3v) is 4.41. The van der Waals surface area contributed by atoms with Crippen LogP contribution in [0.25, 0.3) is 6.08 Å². The fourth-order valence-electron chi connectivity index (χ4n) is 2.06. The molecule has 122 valence electrons. The molecular weight excluding hydrogens is 330 g/mol. The second kappa shape index (κ2) is 7.66. The third-order valence-electron chi connectivity index (χ3n) is 3.03. The molecule has 1 aliphatic rings. The lowest BCUT2D eigenvalue weighted by Gasteiger charge is -2.14. The maximum absolute atomic E-state index is 12.3. The van der Waals surface area contributed by atoms with Crippen molar-refractivity contribution >= 4 is 40.3 Å². The Kier molecular flexibility index (Phi) is 5.85. The molecular formula is C17H19NO3S2. The van der Waals surface area contributed by atoms with E-state index in [0.717, 1.165) is 5.56 Å². The van der Waals surface area contributed by atoms with Crippen LogP contribution in [0.1, 0.15) is 19.4 Å². The Morgan fingerprint density at radius 1 is 1.39 bits per heavy atom. The SMILES string of the molecule is C=CCN1C(=O)C(=Cc2ccc(OC(C)C)c(OC)c2)SC1=S. The van der Waals surface area contributed by atoms with Crippen LogP contribution in [0, 0.1) is 0 Å². The van der Waals surface area contributed by atoms with Crippen molar-refractivity contribution in [2.75, 3.05) is 13.7 Å². The molecule has 0 atom stereocenters. The number of thioether (sulfide) groups is 1. The number of methoxy groups -OCH3 is 1. The van der Waals surface area contributed by atoms with Gasteiger partial charge in [0.2, 0.25) is 0 Å². The van der Waals surface area contributed by atoms with Gasteiger partial charge in [0.15, 0.2) is 11.5 Å². The van der Waals surface area contributed by atoms with Gasteiger partial charge in [-0.1, -0.05) is 36.1 Å². The van der Waals surface area contributed by atoms with E-state index in [9.17, 15) is 4.79 Å². The van der Waals surface area contributed by atoms with E-state index in [1.165, 1.54) is 16.7 Å². The summed E-state index contributed by atoms with van der Waals surface area (Å²) in [5.41, 5.74) is 0.858. The molecule has 0 N–H and O–H groups in total. The summed E-state index contributed by atoms with van der Waals surface area (Å²) in [6, 6.07) is 5.58. The molecule has 1 aromatic carbocycles. The molecule has 23 heavy (non-hydrogen) atoms. The number of hydrogen-bond donors (Lipinski definition) is 0. The minimum absolute atomic E-state index is 0.0601. The smallest absolute Gasteiger partial charge is 0.266 e. The minimum atomic E-state index is -0.0960. The zero-order valence-electron chi connectivity index (χ0n) is 13.4. The van der Waals surface area contributed by atoms with Crippen LogP contribution in [0.4, 0.5) is 0 Å². The van der Waals surface area contributed by atoms with Crippen LogP contribution in [0.5, 0.6) is 11.5 Å². The molecule has 0 radical (unpaired) electrons. The quantitative estimate of drug-likeness (QED) is 0.443. The molecule has 0 aromatic heterocycles. The highest BCUT2D eigenvalue weighted by molar-refractivity contribution is 8.26. The van der Waals surface area contributed by atoms with Crippen molar-refractivity contribution < 1.29 is 14.3 Å². The topological polar surface area (TPSA) is 38.8 Å². The zero-order valence-corrected chi connectivity index (χ0v) is 15.0. The van der Waals surface area contributed by atoms with Gasteiger partial charge in [0, 0.05) is 6.54 Å². The summed E-state index contributed by atoms with van der Waals surface area (Å²) < 4.78 is 11.6. The van der Waals surface area contributed by atoms with Crippen LogP contribution >= 0.6 is 24.0 Å². The average molecular weight is 349 g/mol. The average Bonchev–Trinajstić information content (AvgIpc) is 2.76. The van der Waals surface area contributed by atoms with Gasteiger partial charge in [-0.25, -0.2) is 0 Å².